The summed E-state index contributed by atoms with van der Waals surface area (Å²) in [5.74, 6) is 0.696. The van der Waals surface area contributed by atoms with E-state index in [-0.39, 0.29) is 5.91 Å². The maximum absolute atomic E-state index is 12.4. The van der Waals surface area contributed by atoms with Gasteiger partial charge in [0.15, 0.2) is 0 Å². The monoisotopic (exact) mass is 506 g/mol. The molecule has 0 unspecified atom stereocenters. The molecule has 1 N–H and O–H groups in total. The van der Waals surface area contributed by atoms with Gasteiger partial charge in [0.25, 0.3) is 5.91 Å². The highest BCUT2D eigenvalue weighted by atomic mass is 79.9. The van der Waals surface area contributed by atoms with Gasteiger partial charge in [-0.25, -0.2) is 5.43 Å². The van der Waals surface area contributed by atoms with Crippen molar-refractivity contribution in [2.75, 3.05) is 38.2 Å². The van der Waals surface area contributed by atoms with Gasteiger partial charge in [0.2, 0.25) is 0 Å². The number of ether oxygens (including phenoxy) is 1. The second kappa shape index (κ2) is 11.1. The summed E-state index contributed by atoms with van der Waals surface area (Å²) in [5.41, 5.74) is 6.43. The Labute approximate surface area is 203 Å². The lowest BCUT2D eigenvalue weighted by molar-refractivity contribution is 0.0955. The van der Waals surface area contributed by atoms with Crippen LogP contribution < -0.4 is 15.1 Å². The van der Waals surface area contributed by atoms with Crippen LogP contribution in [0.5, 0.6) is 5.75 Å². The van der Waals surface area contributed by atoms with Crippen LogP contribution in [0.1, 0.15) is 21.5 Å². The zero-order valence-electron chi connectivity index (χ0n) is 18.6. The molecular formula is C26H27BrN4O2. The smallest absolute Gasteiger partial charge is 0.271 e. The summed E-state index contributed by atoms with van der Waals surface area (Å²) in [4.78, 5) is 17.2. The van der Waals surface area contributed by atoms with Gasteiger partial charge in [-0.05, 0) is 47.5 Å². The Morgan fingerprint density at radius 2 is 1.70 bits per heavy atom. The van der Waals surface area contributed by atoms with Crippen molar-refractivity contribution in [1.29, 1.82) is 0 Å². The minimum atomic E-state index is -0.222. The Morgan fingerprint density at radius 3 is 2.39 bits per heavy atom. The number of nitrogens with zero attached hydrogens (tertiary/aromatic N) is 3. The van der Waals surface area contributed by atoms with Gasteiger partial charge in [0.1, 0.15) is 5.75 Å². The van der Waals surface area contributed by atoms with Gasteiger partial charge in [0, 0.05) is 42.8 Å². The van der Waals surface area contributed by atoms with E-state index in [0.717, 1.165) is 54.2 Å². The Balaban J connectivity index is 1.26. The van der Waals surface area contributed by atoms with Gasteiger partial charge in [-0.1, -0.05) is 52.3 Å². The van der Waals surface area contributed by atoms with E-state index < -0.39 is 0 Å². The maximum atomic E-state index is 12.4. The molecule has 1 aliphatic rings. The summed E-state index contributed by atoms with van der Waals surface area (Å²) in [6.07, 6.45) is 1.63. The van der Waals surface area contributed by atoms with Gasteiger partial charge in [-0.2, -0.15) is 5.10 Å². The van der Waals surface area contributed by atoms with Gasteiger partial charge in [0.05, 0.1) is 19.0 Å². The molecule has 3 aromatic rings. The first-order chi connectivity index (χ1) is 16.1. The summed E-state index contributed by atoms with van der Waals surface area (Å²) in [7, 11) is 1.72. The lowest BCUT2D eigenvalue weighted by atomic mass is 10.1. The second-order valence-electron chi connectivity index (χ2n) is 7.88. The first-order valence-electron chi connectivity index (χ1n) is 10.9. The Bertz CT molecular complexity index is 1090. The molecule has 0 bridgehead atoms. The van der Waals surface area contributed by atoms with Crippen LogP contribution in [0.25, 0.3) is 0 Å². The largest absolute Gasteiger partial charge is 0.495 e. The molecule has 0 atom stereocenters. The van der Waals surface area contributed by atoms with Crippen LogP contribution in [0.15, 0.2) is 82.4 Å². The van der Waals surface area contributed by atoms with Crippen molar-refractivity contribution in [1.82, 2.24) is 10.3 Å². The zero-order chi connectivity index (χ0) is 23.0. The van der Waals surface area contributed by atoms with Crippen LogP contribution in [-0.4, -0.2) is 50.3 Å². The van der Waals surface area contributed by atoms with Crippen molar-refractivity contribution in [3.8, 4) is 5.75 Å². The molecule has 1 amide bonds. The number of rotatable bonds is 7. The SMILES string of the molecule is COc1ccccc1N1CCN(Cc2ccc(C(=O)N/N=C/c3ccc(Br)cc3)cc2)CC1. The Hall–Kier alpha value is -3.16. The molecule has 1 heterocycles. The van der Waals surface area contributed by atoms with E-state index in [2.05, 4.69) is 42.3 Å². The fourth-order valence-electron chi connectivity index (χ4n) is 3.84. The number of carbonyl (C=O) groups is 1. The van der Waals surface area contributed by atoms with Crippen molar-refractivity contribution in [2.24, 2.45) is 5.10 Å². The lowest BCUT2D eigenvalue weighted by Gasteiger charge is -2.36. The van der Waals surface area contributed by atoms with Crippen molar-refractivity contribution in [3.63, 3.8) is 0 Å². The van der Waals surface area contributed by atoms with Gasteiger partial charge >= 0.3 is 0 Å². The van der Waals surface area contributed by atoms with E-state index in [0.29, 0.717) is 5.56 Å². The molecule has 1 aliphatic heterocycles. The molecule has 4 rings (SSSR count). The molecule has 7 heteroatoms. The average molecular weight is 507 g/mol. The molecule has 1 fully saturated rings. The number of amides is 1. The number of anilines is 1. The standard InChI is InChI=1S/C26H27BrN4O2/c1-33-25-5-3-2-4-24(25)31-16-14-30(15-17-31)19-21-6-10-22(11-7-21)26(32)29-28-18-20-8-12-23(27)13-9-20/h2-13,18H,14-17,19H2,1H3,(H,29,32)/b28-18+. The van der Waals surface area contributed by atoms with E-state index >= 15 is 0 Å². The number of para-hydroxylation sites is 2. The number of hydrazone groups is 1. The second-order valence-corrected chi connectivity index (χ2v) is 8.80. The topological polar surface area (TPSA) is 57.2 Å². The number of methoxy groups -OCH3 is 1. The van der Waals surface area contributed by atoms with Crippen molar-refractivity contribution < 1.29 is 9.53 Å². The summed E-state index contributed by atoms with van der Waals surface area (Å²) in [5, 5.41) is 4.05. The normalized spacial score (nSPS) is 14.4. The number of hydrogen-bond donors (Lipinski definition) is 1. The number of benzene rings is 3. The molecule has 33 heavy (non-hydrogen) atoms. The molecule has 6 nitrogen and oxygen atoms in total. The Morgan fingerprint density at radius 1 is 1.00 bits per heavy atom. The number of carbonyl (C=O) groups excluding carboxylic acids is 1. The lowest BCUT2D eigenvalue weighted by Crippen LogP contribution is -2.46. The number of hydrogen-bond acceptors (Lipinski definition) is 5. The first kappa shape index (κ1) is 23.0. The van der Waals surface area contributed by atoms with Crippen LogP contribution in [0.4, 0.5) is 5.69 Å². The van der Waals surface area contributed by atoms with Crippen molar-refractivity contribution >= 4 is 33.7 Å². The highest BCUT2D eigenvalue weighted by Gasteiger charge is 2.19. The van der Waals surface area contributed by atoms with Crippen LogP contribution in [0.3, 0.4) is 0 Å². The summed E-state index contributed by atoms with van der Waals surface area (Å²) >= 11 is 3.40. The summed E-state index contributed by atoms with van der Waals surface area (Å²) < 4.78 is 6.51. The first-order valence-corrected chi connectivity index (χ1v) is 11.7. The third kappa shape index (κ3) is 6.21. The molecule has 3 aromatic carbocycles. The van der Waals surface area contributed by atoms with E-state index in [1.165, 1.54) is 5.56 Å². The highest BCUT2D eigenvalue weighted by Crippen LogP contribution is 2.28. The molecule has 0 aliphatic carbocycles. The quantitative estimate of drug-likeness (QED) is 0.377. The van der Waals surface area contributed by atoms with Crippen LogP contribution in [0, 0.1) is 0 Å². The summed E-state index contributed by atoms with van der Waals surface area (Å²) in [6, 6.07) is 23.6. The number of piperazine rings is 1. The van der Waals surface area contributed by atoms with Gasteiger partial charge in [-0.15, -0.1) is 0 Å². The Kier molecular flexibility index (Phi) is 7.75. The van der Waals surface area contributed by atoms with Crippen LogP contribution >= 0.6 is 15.9 Å². The highest BCUT2D eigenvalue weighted by molar-refractivity contribution is 9.10. The predicted molar refractivity (Wildman–Crippen MR) is 136 cm³/mol. The van der Waals surface area contributed by atoms with Crippen LogP contribution in [-0.2, 0) is 6.54 Å². The molecule has 170 valence electrons. The van der Waals surface area contributed by atoms with Gasteiger partial charge < -0.3 is 9.64 Å². The molecular weight excluding hydrogens is 480 g/mol. The predicted octanol–water partition coefficient (Wildman–Crippen LogP) is 4.54. The third-order valence-electron chi connectivity index (χ3n) is 5.67. The van der Waals surface area contributed by atoms with Crippen molar-refractivity contribution in [2.45, 2.75) is 6.54 Å². The number of halogens is 1. The third-order valence-corrected chi connectivity index (χ3v) is 6.20. The van der Waals surface area contributed by atoms with Gasteiger partial charge in [-0.3, -0.25) is 9.69 Å². The van der Waals surface area contributed by atoms with Crippen LogP contribution in [0.2, 0.25) is 0 Å². The molecule has 0 saturated carbocycles. The fourth-order valence-corrected chi connectivity index (χ4v) is 4.10. The average Bonchev–Trinajstić information content (AvgIpc) is 2.86. The van der Waals surface area contributed by atoms with E-state index in [1.807, 2.05) is 66.7 Å². The molecule has 0 radical (unpaired) electrons. The molecule has 0 spiro atoms. The van der Waals surface area contributed by atoms with Crippen molar-refractivity contribution in [3.05, 3.63) is 94.0 Å². The molecule has 1 saturated heterocycles. The fraction of sp³-hybridized carbons (Fsp3) is 0.231. The zero-order valence-corrected chi connectivity index (χ0v) is 20.2. The maximum Gasteiger partial charge on any atom is 0.271 e. The number of nitrogens with one attached hydrogen (secondary N) is 1. The summed E-state index contributed by atoms with van der Waals surface area (Å²) in [6.45, 7) is 4.73. The minimum absolute atomic E-state index is 0.222. The van der Waals surface area contributed by atoms with E-state index in [9.17, 15) is 4.79 Å². The minimum Gasteiger partial charge on any atom is -0.495 e. The van der Waals surface area contributed by atoms with E-state index in [4.69, 9.17) is 4.74 Å². The van der Waals surface area contributed by atoms with E-state index in [1.54, 1.807) is 13.3 Å². The molecule has 0 aromatic heterocycles.